The number of hydrogen-bond donors (Lipinski definition) is 1. The number of halogens is 1. The summed E-state index contributed by atoms with van der Waals surface area (Å²) in [5.74, 6) is -0.0422. The fourth-order valence-electron chi connectivity index (χ4n) is 1.74. The zero-order chi connectivity index (χ0) is 17.0. The number of amides is 1. The van der Waals surface area contributed by atoms with Crippen LogP contribution < -0.4 is 5.32 Å². The Morgan fingerprint density at radius 2 is 2.13 bits per heavy atom. The molecule has 0 bridgehead atoms. The van der Waals surface area contributed by atoms with Gasteiger partial charge < -0.3 is 9.84 Å². The lowest BCUT2D eigenvalue weighted by atomic mass is 10.2. The summed E-state index contributed by atoms with van der Waals surface area (Å²) in [6, 6.07) is 5.52. The number of nitrogens with zero attached hydrogens (tertiary/aromatic N) is 2. The van der Waals surface area contributed by atoms with Gasteiger partial charge in [-0.3, -0.25) is 9.00 Å². The van der Waals surface area contributed by atoms with E-state index in [2.05, 4.69) is 15.5 Å². The van der Waals surface area contributed by atoms with Crippen LogP contribution in [-0.4, -0.2) is 25.5 Å². The van der Waals surface area contributed by atoms with Crippen LogP contribution in [0.4, 0.5) is 10.1 Å². The average Bonchev–Trinajstić information content (AvgIpc) is 2.95. The second kappa shape index (κ2) is 7.45. The quantitative estimate of drug-likeness (QED) is 0.874. The largest absolute Gasteiger partial charge is 0.338 e. The molecule has 2 rings (SSSR count). The molecule has 6 nitrogen and oxygen atoms in total. The molecule has 8 heteroatoms. The van der Waals surface area contributed by atoms with Gasteiger partial charge in [-0.2, -0.15) is 4.98 Å². The van der Waals surface area contributed by atoms with Crippen molar-refractivity contribution in [3.63, 3.8) is 0 Å². The maximum Gasteiger partial charge on any atom is 0.239 e. The van der Waals surface area contributed by atoms with Crippen LogP contribution in [-0.2, 0) is 21.3 Å². The first-order chi connectivity index (χ1) is 10.9. The molecule has 124 valence electrons. The van der Waals surface area contributed by atoms with Gasteiger partial charge in [0, 0.05) is 22.4 Å². The molecule has 0 saturated carbocycles. The van der Waals surface area contributed by atoms with Crippen molar-refractivity contribution >= 4 is 22.4 Å². The highest BCUT2D eigenvalue weighted by molar-refractivity contribution is 7.85. The molecule has 0 unspecified atom stereocenters. The van der Waals surface area contributed by atoms with E-state index in [0.717, 1.165) is 0 Å². The van der Waals surface area contributed by atoms with Crippen LogP contribution in [0.5, 0.6) is 0 Å². The van der Waals surface area contributed by atoms with Gasteiger partial charge in [0.05, 0.1) is 0 Å². The number of aromatic nitrogens is 2. The second-order valence-corrected chi connectivity index (χ2v) is 7.13. The van der Waals surface area contributed by atoms with Gasteiger partial charge in [0.1, 0.15) is 16.8 Å². The molecule has 0 saturated heterocycles. The van der Waals surface area contributed by atoms with Gasteiger partial charge in [-0.15, -0.1) is 0 Å². The Morgan fingerprint density at radius 3 is 2.74 bits per heavy atom. The molecule has 2 atom stereocenters. The highest BCUT2D eigenvalue weighted by Crippen LogP contribution is 2.14. The number of benzene rings is 1. The fraction of sp³-hybridized carbons (Fsp3) is 0.400. The van der Waals surface area contributed by atoms with Crippen LogP contribution in [0.2, 0.25) is 0 Å². The standard InChI is InChI=1S/C15H18FN3O3S/c1-9(2)14-18-13(22-19-14)8-23(21)10(3)15(20)17-12-6-4-5-11(16)7-12/h4-7,9-10H,8H2,1-3H3,(H,17,20)/t10-,23+/m0/s1. The third-order valence-electron chi connectivity index (χ3n) is 3.12. The monoisotopic (exact) mass is 339 g/mol. The average molecular weight is 339 g/mol. The smallest absolute Gasteiger partial charge is 0.239 e. The van der Waals surface area contributed by atoms with E-state index in [9.17, 15) is 13.4 Å². The van der Waals surface area contributed by atoms with E-state index in [0.29, 0.717) is 11.5 Å². The Hall–Kier alpha value is -2.09. The van der Waals surface area contributed by atoms with Crippen LogP contribution in [0.25, 0.3) is 0 Å². The third-order valence-corrected chi connectivity index (χ3v) is 4.66. The minimum Gasteiger partial charge on any atom is -0.338 e. The van der Waals surface area contributed by atoms with Gasteiger partial charge in [0.25, 0.3) is 0 Å². The fourth-order valence-corrected chi connectivity index (χ4v) is 2.65. The molecule has 23 heavy (non-hydrogen) atoms. The Labute approximate surface area is 135 Å². The van der Waals surface area contributed by atoms with Crippen LogP contribution in [0, 0.1) is 5.82 Å². The van der Waals surface area contributed by atoms with Crippen molar-refractivity contribution in [1.29, 1.82) is 0 Å². The molecule has 0 radical (unpaired) electrons. The van der Waals surface area contributed by atoms with Crippen molar-refractivity contribution < 1.29 is 17.9 Å². The first-order valence-electron chi connectivity index (χ1n) is 7.13. The molecule has 1 heterocycles. The molecule has 1 aromatic carbocycles. The van der Waals surface area contributed by atoms with Crippen molar-refractivity contribution in [2.24, 2.45) is 0 Å². The van der Waals surface area contributed by atoms with Gasteiger partial charge in [-0.05, 0) is 25.1 Å². The van der Waals surface area contributed by atoms with E-state index in [-0.39, 0.29) is 17.6 Å². The van der Waals surface area contributed by atoms with E-state index >= 15 is 0 Å². The predicted octanol–water partition coefficient (Wildman–Crippen LogP) is 2.61. The van der Waals surface area contributed by atoms with Crippen LogP contribution >= 0.6 is 0 Å². The van der Waals surface area contributed by atoms with Gasteiger partial charge in [-0.25, -0.2) is 4.39 Å². The molecule has 1 aromatic heterocycles. The van der Waals surface area contributed by atoms with Crippen LogP contribution in [0.15, 0.2) is 28.8 Å². The minimum atomic E-state index is -1.53. The van der Waals surface area contributed by atoms with E-state index in [1.165, 1.54) is 25.1 Å². The number of carbonyl (C=O) groups is 1. The topological polar surface area (TPSA) is 85.1 Å². The zero-order valence-corrected chi connectivity index (χ0v) is 13.9. The maximum atomic E-state index is 13.1. The Bertz CT molecular complexity index is 717. The SMILES string of the molecule is CC(C)c1noc(C[S@@](=O)[C@@H](C)C(=O)Nc2cccc(F)c2)n1. The van der Waals surface area contributed by atoms with Crippen LogP contribution in [0.3, 0.4) is 0 Å². The Kier molecular flexibility index (Phi) is 5.59. The van der Waals surface area contributed by atoms with E-state index in [4.69, 9.17) is 4.52 Å². The Morgan fingerprint density at radius 1 is 1.39 bits per heavy atom. The van der Waals surface area contributed by atoms with E-state index in [1.54, 1.807) is 6.07 Å². The Balaban J connectivity index is 1.96. The van der Waals surface area contributed by atoms with Crippen molar-refractivity contribution in [3.8, 4) is 0 Å². The summed E-state index contributed by atoms with van der Waals surface area (Å²) in [7, 11) is -1.53. The lowest BCUT2D eigenvalue weighted by Gasteiger charge is -2.11. The molecule has 1 amide bonds. The number of carbonyl (C=O) groups excluding carboxylic acids is 1. The number of hydrogen-bond acceptors (Lipinski definition) is 5. The van der Waals surface area contributed by atoms with E-state index < -0.39 is 27.8 Å². The highest BCUT2D eigenvalue weighted by Gasteiger charge is 2.23. The van der Waals surface area contributed by atoms with Crippen molar-refractivity contribution in [3.05, 3.63) is 41.8 Å². The number of anilines is 1. The molecule has 0 spiro atoms. The van der Waals surface area contributed by atoms with Crippen molar-refractivity contribution in [2.45, 2.75) is 37.7 Å². The molecule has 0 fully saturated rings. The van der Waals surface area contributed by atoms with Crippen molar-refractivity contribution in [1.82, 2.24) is 10.1 Å². The van der Waals surface area contributed by atoms with Gasteiger partial charge in [0.15, 0.2) is 5.82 Å². The van der Waals surface area contributed by atoms with Gasteiger partial charge in [0.2, 0.25) is 11.8 Å². The summed E-state index contributed by atoms with van der Waals surface area (Å²) in [4.78, 5) is 16.2. The molecule has 0 aliphatic rings. The second-order valence-electron chi connectivity index (χ2n) is 5.37. The van der Waals surface area contributed by atoms with Crippen LogP contribution in [0.1, 0.15) is 38.4 Å². The lowest BCUT2D eigenvalue weighted by molar-refractivity contribution is -0.115. The molecule has 2 aromatic rings. The molecule has 0 aliphatic heterocycles. The highest BCUT2D eigenvalue weighted by atomic mass is 32.2. The van der Waals surface area contributed by atoms with Crippen molar-refractivity contribution in [2.75, 3.05) is 5.32 Å². The molecular weight excluding hydrogens is 321 g/mol. The zero-order valence-electron chi connectivity index (χ0n) is 13.1. The molecule has 0 aliphatic carbocycles. The third kappa shape index (κ3) is 4.69. The summed E-state index contributed by atoms with van der Waals surface area (Å²) < 4.78 is 30.4. The summed E-state index contributed by atoms with van der Waals surface area (Å²) in [6.07, 6.45) is 0. The summed E-state index contributed by atoms with van der Waals surface area (Å²) in [6.45, 7) is 5.37. The summed E-state index contributed by atoms with van der Waals surface area (Å²) >= 11 is 0. The van der Waals surface area contributed by atoms with Gasteiger partial charge in [-0.1, -0.05) is 25.1 Å². The number of nitrogens with one attached hydrogen (secondary N) is 1. The maximum absolute atomic E-state index is 13.1. The molecular formula is C15H18FN3O3S. The van der Waals surface area contributed by atoms with E-state index in [1.807, 2.05) is 13.8 Å². The summed E-state index contributed by atoms with van der Waals surface area (Å²) in [5, 5.41) is 5.52. The minimum absolute atomic E-state index is 0.00252. The normalized spacial score (nSPS) is 13.8. The predicted molar refractivity (Wildman–Crippen MR) is 84.7 cm³/mol. The molecule has 1 N–H and O–H groups in total. The summed E-state index contributed by atoms with van der Waals surface area (Å²) in [5.41, 5.74) is 0.318. The first-order valence-corrected chi connectivity index (χ1v) is 8.51. The first kappa shape index (κ1) is 17.3. The van der Waals surface area contributed by atoms with Gasteiger partial charge >= 0.3 is 0 Å². The number of rotatable bonds is 6. The lowest BCUT2D eigenvalue weighted by Crippen LogP contribution is -2.29.